The van der Waals surface area contributed by atoms with Crippen LogP contribution in [0.2, 0.25) is 0 Å². The van der Waals surface area contributed by atoms with Gasteiger partial charge in [0.25, 0.3) is 0 Å². The van der Waals surface area contributed by atoms with Crippen LogP contribution in [-0.2, 0) is 17.6 Å². The van der Waals surface area contributed by atoms with Crippen LogP contribution in [0.5, 0.6) is 0 Å². The molecule has 1 aliphatic carbocycles. The fourth-order valence-corrected chi connectivity index (χ4v) is 4.80. The predicted molar refractivity (Wildman–Crippen MR) is 96.3 cm³/mol. The minimum absolute atomic E-state index is 0.131. The molecule has 24 heavy (non-hydrogen) atoms. The van der Waals surface area contributed by atoms with Crippen molar-refractivity contribution in [2.75, 3.05) is 11.1 Å². The number of carbonyl (C=O) groups excluding carboxylic acids is 1. The molecule has 0 saturated carbocycles. The molecule has 0 saturated heterocycles. The first-order valence-corrected chi connectivity index (χ1v) is 9.64. The molecular formula is C17H18N4OS2. The van der Waals surface area contributed by atoms with Gasteiger partial charge in [0.2, 0.25) is 5.91 Å². The predicted octanol–water partition coefficient (Wildman–Crippen LogP) is 3.57. The number of hydrogen-bond acceptors (Lipinski definition) is 6. The molecule has 0 aromatic carbocycles. The van der Waals surface area contributed by atoms with Crippen molar-refractivity contribution in [3.05, 3.63) is 34.0 Å². The summed E-state index contributed by atoms with van der Waals surface area (Å²) in [6.45, 7) is 4.12. The maximum absolute atomic E-state index is 12.2. The zero-order chi connectivity index (χ0) is 17.1. The van der Waals surface area contributed by atoms with Gasteiger partial charge in [0, 0.05) is 16.8 Å². The number of aryl methyl sites for hydroxylation is 1. The van der Waals surface area contributed by atoms with Crippen LogP contribution in [0.1, 0.15) is 35.0 Å². The molecule has 0 aliphatic heterocycles. The number of carbonyl (C=O) groups is 1. The van der Waals surface area contributed by atoms with E-state index in [0.29, 0.717) is 21.6 Å². The van der Waals surface area contributed by atoms with E-state index in [-0.39, 0.29) is 11.7 Å². The fourth-order valence-electron chi connectivity index (χ4n) is 2.75. The standard InChI is InChI=1S/C17H18N4OS2/c1-10-3-4-12-13(8-18)16(24-14(12)7-10)21-15(22)9-23-17-19-6-5-11(2)20-17/h5-6,10H,3-4,7,9H2,1-2H3,(H,21,22)/t10-/m1/s1. The monoisotopic (exact) mass is 358 g/mol. The van der Waals surface area contributed by atoms with Crippen LogP contribution < -0.4 is 5.32 Å². The summed E-state index contributed by atoms with van der Waals surface area (Å²) in [5, 5.41) is 13.6. The van der Waals surface area contributed by atoms with Crippen LogP contribution in [0.3, 0.4) is 0 Å². The summed E-state index contributed by atoms with van der Waals surface area (Å²) in [5.74, 6) is 0.737. The van der Waals surface area contributed by atoms with Gasteiger partial charge in [-0.3, -0.25) is 4.79 Å². The molecule has 7 heteroatoms. The van der Waals surface area contributed by atoms with Gasteiger partial charge >= 0.3 is 0 Å². The second-order valence-electron chi connectivity index (χ2n) is 5.99. The number of thioether (sulfide) groups is 1. The van der Waals surface area contributed by atoms with E-state index in [1.54, 1.807) is 17.5 Å². The molecule has 1 atom stereocenters. The molecule has 2 heterocycles. The Morgan fingerprint density at radius 2 is 2.42 bits per heavy atom. The number of thiophene rings is 1. The summed E-state index contributed by atoms with van der Waals surface area (Å²) in [7, 11) is 0. The van der Waals surface area contributed by atoms with Gasteiger partial charge in [-0.1, -0.05) is 18.7 Å². The third-order valence-electron chi connectivity index (χ3n) is 3.98. The second-order valence-corrected chi connectivity index (χ2v) is 8.03. The van der Waals surface area contributed by atoms with Crippen LogP contribution >= 0.6 is 23.1 Å². The third kappa shape index (κ3) is 3.77. The molecule has 0 radical (unpaired) electrons. The van der Waals surface area contributed by atoms with E-state index in [1.807, 2.05) is 13.0 Å². The Bertz CT molecular complexity index is 809. The number of nitrogens with one attached hydrogen (secondary N) is 1. The van der Waals surface area contributed by atoms with Gasteiger partial charge in [-0.25, -0.2) is 9.97 Å². The van der Waals surface area contributed by atoms with Gasteiger partial charge in [-0.05, 0) is 43.7 Å². The van der Waals surface area contributed by atoms with Crippen molar-refractivity contribution in [1.82, 2.24) is 9.97 Å². The largest absolute Gasteiger partial charge is 0.316 e. The zero-order valence-electron chi connectivity index (χ0n) is 13.6. The lowest BCUT2D eigenvalue weighted by molar-refractivity contribution is -0.113. The summed E-state index contributed by atoms with van der Waals surface area (Å²) in [6, 6.07) is 4.09. The molecule has 2 aromatic heterocycles. The summed E-state index contributed by atoms with van der Waals surface area (Å²) in [6.07, 6.45) is 4.71. The van der Waals surface area contributed by atoms with E-state index in [9.17, 15) is 10.1 Å². The Balaban J connectivity index is 1.67. The van der Waals surface area contributed by atoms with Gasteiger partial charge in [0.05, 0.1) is 11.3 Å². The number of nitriles is 1. The average Bonchev–Trinajstić information content (AvgIpc) is 2.89. The Kier molecular flexibility index (Phi) is 5.17. The van der Waals surface area contributed by atoms with Crippen LogP contribution in [0.15, 0.2) is 17.4 Å². The first-order valence-electron chi connectivity index (χ1n) is 7.83. The summed E-state index contributed by atoms with van der Waals surface area (Å²) < 4.78 is 0. The average molecular weight is 358 g/mol. The highest BCUT2D eigenvalue weighted by Gasteiger charge is 2.24. The summed E-state index contributed by atoms with van der Waals surface area (Å²) in [5.41, 5.74) is 2.65. The van der Waals surface area contributed by atoms with E-state index >= 15 is 0 Å². The van der Waals surface area contributed by atoms with E-state index in [4.69, 9.17) is 0 Å². The molecule has 2 aromatic rings. The third-order valence-corrected chi connectivity index (χ3v) is 6.01. The first-order chi connectivity index (χ1) is 11.6. The van der Waals surface area contributed by atoms with E-state index in [2.05, 4.69) is 28.3 Å². The lowest BCUT2D eigenvalue weighted by atomic mass is 9.89. The first kappa shape index (κ1) is 16.9. The molecule has 1 amide bonds. The van der Waals surface area contributed by atoms with Crippen molar-refractivity contribution in [2.45, 2.75) is 38.3 Å². The van der Waals surface area contributed by atoms with E-state index in [1.165, 1.54) is 16.6 Å². The van der Waals surface area contributed by atoms with Crippen LogP contribution in [0.4, 0.5) is 5.00 Å². The minimum atomic E-state index is -0.131. The number of fused-ring (bicyclic) bond motifs is 1. The molecule has 5 nitrogen and oxygen atoms in total. The number of nitrogens with zero attached hydrogens (tertiary/aromatic N) is 3. The lowest BCUT2D eigenvalue weighted by Gasteiger charge is -2.17. The van der Waals surface area contributed by atoms with Crippen molar-refractivity contribution in [3.63, 3.8) is 0 Å². The molecule has 1 N–H and O–H groups in total. The van der Waals surface area contributed by atoms with Gasteiger partial charge in [0.15, 0.2) is 5.16 Å². The molecule has 0 spiro atoms. The summed E-state index contributed by atoms with van der Waals surface area (Å²) in [4.78, 5) is 21.9. The number of amides is 1. The van der Waals surface area contributed by atoms with Crippen molar-refractivity contribution in [3.8, 4) is 6.07 Å². The highest BCUT2D eigenvalue weighted by Crippen LogP contribution is 2.39. The van der Waals surface area contributed by atoms with Crippen molar-refractivity contribution < 1.29 is 4.79 Å². The van der Waals surface area contributed by atoms with Crippen LogP contribution in [0, 0.1) is 24.2 Å². The van der Waals surface area contributed by atoms with Crippen molar-refractivity contribution in [1.29, 1.82) is 5.26 Å². The molecule has 0 bridgehead atoms. The number of anilines is 1. The quantitative estimate of drug-likeness (QED) is 0.668. The maximum Gasteiger partial charge on any atom is 0.235 e. The Hall–Kier alpha value is -1.91. The van der Waals surface area contributed by atoms with Crippen molar-refractivity contribution in [2.24, 2.45) is 5.92 Å². The second kappa shape index (κ2) is 7.32. The highest BCUT2D eigenvalue weighted by molar-refractivity contribution is 7.99. The SMILES string of the molecule is Cc1ccnc(SCC(=O)Nc2sc3c(c2C#N)CC[C@@H](C)C3)n1. The van der Waals surface area contributed by atoms with Gasteiger partial charge in [-0.2, -0.15) is 5.26 Å². The summed E-state index contributed by atoms with van der Waals surface area (Å²) >= 11 is 2.85. The van der Waals surface area contributed by atoms with E-state index in [0.717, 1.165) is 30.5 Å². The van der Waals surface area contributed by atoms with Gasteiger partial charge in [-0.15, -0.1) is 11.3 Å². The van der Waals surface area contributed by atoms with E-state index < -0.39 is 0 Å². The molecule has 0 fully saturated rings. The Labute approximate surface area is 149 Å². The normalized spacial score (nSPS) is 16.3. The maximum atomic E-state index is 12.2. The minimum Gasteiger partial charge on any atom is -0.316 e. The molecule has 1 aliphatic rings. The topological polar surface area (TPSA) is 78.7 Å². The number of rotatable bonds is 4. The number of hydrogen-bond donors (Lipinski definition) is 1. The molecule has 124 valence electrons. The van der Waals surface area contributed by atoms with Gasteiger partial charge in [0.1, 0.15) is 11.1 Å². The van der Waals surface area contributed by atoms with Crippen molar-refractivity contribution >= 4 is 34.0 Å². The molecule has 3 rings (SSSR count). The highest BCUT2D eigenvalue weighted by atomic mass is 32.2. The zero-order valence-corrected chi connectivity index (χ0v) is 15.3. The van der Waals surface area contributed by atoms with Crippen LogP contribution in [-0.4, -0.2) is 21.6 Å². The van der Waals surface area contributed by atoms with Gasteiger partial charge < -0.3 is 5.32 Å². The lowest BCUT2D eigenvalue weighted by Crippen LogP contribution is -2.14. The van der Waals surface area contributed by atoms with Crippen LogP contribution in [0.25, 0.3) is 0 Å². The number of aromatic nitrogens is 2. The molecule has 0 unspecified atom stereocenters. The Morgan fingerprint density at radius 3 is 3.17 bits per heavy atom. The Morgan fingerprint density at radius 1 is 1.58 bits per heavy atom. The smallest absolute Gasteiger partial charge is 0.235 e. The molecular weight excluding hydrogens is 340 g/mol. The fraction of sp³-hybridized carbons (Fsp3) is 0.412.